The number of amides is 3. The van der Waals surface area contributed by atoms with Gasteiger partial charge in [-0.25, -0.2) is 9.59 Å². The Hall–Kier alpha value is -3.12. The van der Waals surface area contributed by atoms with Crippen molar-refractivity contribution in [1.29, 1.82) is 0 Å². The molecule has 0 spiro atoms. The molecule has 0 bridgehead atoms. The molecule has 0 radical (unpaired) electrons. The van der Waals surface area contributed by atoms with Crippen LogP contribution in [0.4, 0.5) is 4.79 Å². The summed E-state index contributed by atoms with van der Waals surface area (Å²) in [5.74, 6) is -0.300. The highest BCUT2D eigenvalue weighted by molar-refractivity contribution is 6.32. The number of imide groups is 1. The summed E-state index contributed by atoms with van der Waals surface area (Å²) in [6.07, 6.45) is 1.19. The molecule has 1 saturated heterocycles. The van der Waals surface area contributed by atoms with Crippen molar-refractivity contribution in [2.24, 2.45) is 0 Å². The minimum absolute atomic E-state index is 0.0198. The van der Waals surface area contributed by atoms with Gasteiger partial charge in [-0.05, 0) is 48.6 Å². The second-order valence-corrected chi connectivity index (χ2v) is 7.55. The van der Waals surface area contributed by atoms with Gasteiger partial charge in [0, 0.05) is 16.5 Å². The maximum atomic E-state index is 12.8. The smallest absolute Gasteiger partial charge is 0.336 e. The third-order valence-electron chi connectivity index (χ3n) is 5.11. The van der Waals surface area contributed by atoms with Crippen LogP contribution in [0.3, 0.4) is 0 Å². The predicted octanol–water partition coefficient (Wildman–Crippen LogP) is 3.81. The summed E-state index contributed by atoms with van der Waals surface area (Å²) < 4.78 is 5.25. The SMILES string of the molecule is Cc1cc2oc(=O)cc(CN3C(=O)NC(CCc4ccccc4)C3=O)c2cc1Cl. The van der Waals surface area contributed by atoms with Gasteiger partial charge in [0.05, 0.1) is 6.54 Å². The largest absolute Gasteiger partial charge is 0.423 e. The zero-order chi connectivity index (χ0) is 20.5. The summed E-state index contributed by atoms with van der Waals surface area (Å²) in [7, 11) is 0. The van der Waals surface area contributed by atoms with Crippen LogP contribution in [0.5, 0.6) is 0 Å². The Bertz CT molecular complexity index is 1160. The Balaban J connectivity index is 1.56. The third kappa shape index (κ3) is 3.89. The van der Waals surface area contributed by atoms with Crippen molar-refractivity contribution in [2.45, 2.75) is 32.4 Å². The first-order valence-electron chi connectivity index (χ1n) is 9.31. The molecule has 1 aromatic heterocycles. The Morgan fingerprint density at radius 3 is 2.62 bits per heavy atom. The fourth-order valence-electron chi connectivity index (χ4n) is 3.53. The van der Waals surface area contributed by atoms with Crippen LogP contribution in [0.25, 0.3) is 11.0 Å². The van der Waals surface area contributed by atoms with E-state index in [4.69, 9.17) is 16.0 Å². The summed E-state index contributed by atoms with van der Waals surface area (Å²) in [5.41, 5.74) is 2.23. The van der Waals surface area contributed by atoms with E-state index in [9.17, 15) is 14.4 Å². The molecule has 3 aromatic rings. The molecule has 7 heteroatoms. The second-order valence-electron chi connectivity index (χ2n) is 7.14. The Morgan fingerprint density at radius 1 is 1.10 bits per heavy atom. The molecule has 29 heavy (non-hydrogen) atoms. The lowest BCUT2D eigenvalue weighted by molar-refractivity contribution is -0.128. The molecule has 1 N–H and O–H groups in total. The lowest BCUT2D eigenvalue weighted by Crippen LogP contribution is -2.31. The molecule has 0 saturated carbocycles. The first kappa shape index (κ1) is 19.2. The standard InChI is InChI=1S/C22H19ClN2O4/c1-13-9-19-16(11-17(13)23)15(10-20(26)29-19)12-25-21(27)18(24-22(25)28)8-7-14-5-3-2-4-6-14/h2-6,9-11,18H,7-8,12H2,1H3,(H,24,28). The van der Waals surface area contributed by atoms with Crippen molar-refractivity contribution in [1.82, 2.24) is 10.2 Å². The lowest BCUT2D eigenvalue weighted by atomic mass is 10.0. The number of carbonyl (C=O) groups excluding carboxylic acids is 2. The second kappa shape index (κ2) is 7.72. The first-order valence-corrected chi connectivity index (χ1v) is 9.69. The number of urea groups is 1. The third-order valence-corrected chi connectivity index (χ3v) is 5.52. The molecule has 4 rings (SSSR count). The Labute approximate surface area is 172 Å². The van der Waals surface area contributed by atoms with E-state index in [0.29, 0.717) is 34.4 Å². The fraction of sp³-hybridized carbons (Fsp3) is 0.227. The van der Waals surface area contributed by atoms with Crippen molar-refractivity contribution < 1.29 is 14.0 Å². The number of carbonyl (C=O) groups is 2. The van der Waals surface area contributed by atoms with Gasteiger partial charge in [-0.3, -0.25) is 9.69 Å². The Kier molecular flexibility index (Phi) is 5.11. The van der Waals surface area contributed by atoms with Crippen LogP contribution in [-0.4, -0.2) is 22.9 Å². The van der Waals surface area contributed by atoms with Crippen LogP contribution in [0, 0.1) is 6.92 Å². The van der Waals surface area contributed by atoms with Crippen LogP contribution in [-0.2, 0) is 17.8 Å². The van der Waals surface area contributed by atoms with Gasteiger partial charge in [0.15, 0.2) is 0 Å². The van der Waals surface area contributed by atoms with E-state index in [1.54, 1.807) is 12.1 Å². The molecule has 1 aliphatic heterocycles. The number of halogens is 1. The maximum absolute atomic E-state index is 12.8. The molecule has 1 fully saturated rings. The molecule has 1 aliphatic rings. The van der Waals surface area contributed by atoms with Gasteiger partial charge in [0.25, 0.3) is 5.91 Å². The first-order chi connectivity index (χ1) is 13.9. The Morgan fingerprint density at radius 2 is 1.86 bits per heavy atom. The van der Waals surface area contributed by atoms with E-state index in [2.05, 4.69) is 5.32 Å². The van der Waals surface area contributed by atoms with Crippen molar-refractivity contribution in [3.63, 3.8) is 0 Å². The number of hydrogen-bond donors (Lipinski definition) is 1. The number of fused-ring (bicyclic) bond motifs is 1. The highest BCUT2D eigenvalue weighted by Crippen LogP contribution is 2.27. The highest BCUT2D eigenvalue weighted by Gasteiger charge is 2.37. The van der Waals surface area contributed by atoms with E-state index in [-0.39, 0.29) is 12.5 Å². The molecule has 6 nitrogen and oxygen atoms in total. The van der Waals surface area contributed by atoms with Gasteiger partial charge in [0.2, 0.25) is 0 Å². The van der Waals surface area contributed by atoms with Crippen LogP contribution >= 0.6 is 11.6 Å². The van der Waals surface area contributed by atoms with Gasteiger partial charge < -0.3 is 9.73 Å². The number of benzene rings is 2. The average molecular weight is 411 g/mol. The zero-order valence-electron chi connectivity index (χ0n) is 15.8. The molecular formula is C22H19ClN2O4. The summed E-state index contributed by atoms with van der Waals surface area (Å²) in [6, 6.07) is 13.4. The minimum Gasteiger partial charge on any atom is -0.423 e. The summed E-state index contributed by atoms with van der Waals surface area (Å²) in [4.78, 5) is 38.3. The topological polar surface area (TPSA) is 79.6 Å². The van der Waals surface area contributed by atoms with E-state index >= 15 is 0 Å². The van der Waals surface area contributed by atoms with Crippen LogP contribution in [0.1, 0.15) is 23.1 Å². The number of nitrogens with zero attached hydrogens (tertiary/aromatic N) is 1. The fourth-order valence-corrected chi connectivity index (χ4v) is 3.69. The van der Waals surface area contributed by atoms with Gasteiger partial charge >= 0.3 is 11.7 Å². The molecule has 0 aliphatic carbocycles. The molecule has 2 aromatic carbocycles. The van der Waals surface area contributed by atoms with Gasteiger partial charge in [-0.15, -0.1) is 0 Å². The summed E-state index contributed by atoms with van der Waals surface area (Å²) in [6.45, 7) is 1.79. The number of aryl methyl sites for hydroxylation is 2. The summed E-state index contributed by atoms with van der Waals surface area (Å²) >= 11 is 6.22. The van der Waals surface area contributed by atoms with E-state index in [1.165, 1.54) is 6.07 Å². The van der Waals surface area contributed by atoms with Crippen molar-refractivity contribution in [3.05, 3.63) is 80.7 Å². The molecule has 148 valence electrons. The number of nitrogens with one attached hydrogen (secondary N) is 1. The van der Waals surface area contributed by atoms with Crippen molar-refractivity contribution in [2.75, 3.05) is 0 Å². The normalized spacial score (nSPS) is 16.5. The molecule has 2 heterocycles. The van der Waals surface area contributed by atoms with Crippen molar-refractivity contribution in [3.8, 4) is 0 Å². The summed E-state index contributed by atoms with van der Waals surface area (Å²) in [5, 5.41) is 3.86. The van der Waals surface area contributed by atoms with Crippen LogP contribution in [0.2, 0.25) is 5.02 Å². The van der Waals surface area contributed by atoms with Gasteiger partial charge in [-0.2, -0.15) is 0 Å². The maximum Gasteiger partial charge on any atom is 0.336 e. The van der Waals surface area contributed by atoms with E-state index in [1.807, 2.05) is 37.3 Å². The molecule has 1 atom stereocenters. The average Bonchev–Trinajstić information content (AvgIpc) is 2.96. The van der Waals surface area contributed by atoms with Crippen LogP contribution in [0.15, 0.2) is 57.7 Å². The monoisotopic (exact) mass is 410 g/mol. The minimum atomic E-state index is -0.583. The quantitative estimate of drug-likeness (QED) is 0.512. The zero-order valence-corrected chi connectivity index (χ0v) is 16.5. The van der Waals surface area contributed by atoms with Gasteiger partial charge in [0.1, 0.15) is 11.6 Å². The highest BCUT2D eigenvalue weighted by atomic mass is 35.5. The van der Waals surface area contributed by atoms with E-state index < -0.39 is 17.7 Å². The molecule has 3 amide bonds. The van der Waals surface area contributed by atoms with Gasteiger partial charge in [-0.1, -0.05) is 41.9 Å². The molecule has 1 unspecified atom stereocenters. The van der Waals surface area contributed by atoms with Crippen molar-refractivity contribution >= 4 is 34.5 Å². The number of rotatable bonds is 5. The molecular weight excluding hydrogens is 392 g/mol. The van der Waals surface area contributed by atoms with Crippen LogP contribution < -0.4 is 10.9 Å². The number of hydrogen-bond acceptors (Lipinski definition) is 4. The lowest BCUT2D eigenvalue weighted by Gasteiger charge is -2.15. The van der Waals surface area contributed by atoms with E-state index in [0.717, 1.165) is 16.0 Å². The predicted molar refractivity (Wildman–Crippen MR) is 110 cm³/mol.